The third-order valence-electron chi connectivity index (χ3n) is 3.39. The summed E-state index contributed by atoms with van der Waals surface area (Å²) < 4.78 is 0. The fourth-order valence-electron chi connectivity index (χ4n) is 2.30. The molecule has 5 nitrogen and oxygen atoms in total. The molecule has 0 spiro atoms. The molecule has 1 aliphatic rings. The summed E-state index contributed by atoms with van der Waals surface area (Å²) in [6.07, 6.45) is 1.93. The lowest BCUT2D eigenvalue weighted by Crippen LogP contribution is -2.47. The summed E-state index contributed by atoms with van der Waals surface area (Å²) in [5.74, 6) is 0.671. The van der Waals surface area contributed by atoms with Gasteiger partial charge in [0, 0.05) is 24.2 Å². The highest BCUT2D eigenvalue weighted by Crippen LogP contribution is 2.20. The van der Waals surface area contributed by atoms with E-state index in [9.17, 15) is 9.59 Å². The number of thioether (sulfide) groups is 1. The number of amides is 1. The number of hydrogen-bond donors (Lipinski definition) is 1. The van der Waals surface area contributed by atoms with Crippen LogP contribution in [0.3, 0.4) is 0 Å². The highest BCUT2D eigenvalue weighted by Gasteiger charge is 2.29. The Morgan fingerprint density at radius 3 is 3.05 bits per heavy atom. The minimum atomic E-state index is -0.857. The van der Waals surface area contributed by atoms with Gasteiger partial charge < -0.3 is 10.0 Å². The van der Waals surface area contributed by atoms with Crippen LogP contribution < -0.4 is 0 Å². The van der Waals surface area contributed by atoms with Crippen LogP contribution in [0.2, 0.25) is 0 Å². The smallest absolute Gasteiger partial charge is 0.305 e. The van der Waals surface area contributed by atoms with Crippen molar-refractivity contribution < 1.29 is 14.7 Å². The highest BCUT2D eigenvalue weighted by molar-refractivity contribution is 7.99. The number of aliphatic carboxylic acids is 1. The summed E-state index contributed by atoms with van der Waals surface area (Å²) in [6, 6.07) is 3.56. The van der Waals surface area contributed by atoms with E-state index in [0.717, 1.165) is 17.0 Å². The average Bonchev–Trinajstić information content (AvgIpc) is 2.41. The zero-order valence-corrected chi connectivity index (χ0v) is 12.2. The minimum absolute atomic E-state index is 0.0138. The monoisotopic (exact) mass is 294 g/mol. The number of pyridine rings is 1. The van der Waals surface area contributed by atoms with Crippen molar-refractivity contribution in [3.8, 4) is 0 Å². The van der Waals surface area contributed by atoms with Gasteiger partial charge in [0.2, 0.25) is 5.91 Å². The standard InChI is InChI=1S/C14H18N2O3S/c1-10-3-2-4-15-12(10)8-13(17)16-5-6-20-9-11(16)7-14(18)19/h2-4,11H,5-9H2,1H3,(H,18,19). The predicted molar refractivity (Wildman–Crippen MR) is 77.8 cm³/mol. The second-order valence-corrected chi connectivity index (χ2v) is 6.01. The average molecular weight is 294 g/mol. The van der Waals surface area contributed by atoms with Gasteiger partial charge in [-0.1, -0.05) is 6.07 Å². The summed E-state index contributed by atoms with van der Waals surface area (Å²) in [5.41, 5.74) is 1.76. The fraction of sp³-hybridized carbons (Fsp3) is 0.500. The number of carbonyl (C=O) groups is 2. The number of aryl methyl sites for hydroxylation is 1. The molecule has 0 radical (unpaired) electrons. The SMILES string of the molecule is Cc1cccnc1CC(=O)N1CCSCC1CC(=O)O. The van der Waals surface area contributed by atoms with Gasteiger partial charge in [-0.15, -0.1) is 0 Å². The third-order valence-corrected chi connectivity index (χ3v) is 4.49. The van der Waals surface area contributed by atoms with E-state index in [1.165, 1.54) is 0 Å². The van der Waals surface area contributed by atoms with E-state index in [-0.39, 0.29) is 24.8 Å². The van der Waals surface area contributed by atoms with Gasteiger partial charge in [0.15, 0.2) is 0 Å². The van der Waals surface area contributed by atoms with E-state index in [0.29, 0.717) is 12.3 Å². The van der Waals surface area contributed by atoms with Crippen LogP contribution in [-0.4, -0.2) is 51.0 Å². The molecule has 1 saturated heterocycles. The van der Waals surface area contributed by atoms with Crippen LogP contribution in [0.5, 0.6) is 0 Å². The molecule has 1 amide bonds. The van der Waals surface area contributed by atoms with E-state index in [1.807, 2.05) is 19.1 Å². The van der Waals surface area contributed by atoms with Gasteiger partial charge in [0.25, 0.3) is 0 Å². The number of rotatable bonds is 4. The van der Waals surface area contributed by atoms with Gasteiger partial charge in [0.1, 0.15) is 0 Å². The number of aromatic nitrogens is 1. The van der Waals surface area contributed by atoms with Crippen molar-refractivity contribution in [2.45, 2.75) is 25.8 Å². The van der Waals surface area contributed by atoms with Gasteiger partial charge in [-0.05, 0) is 18.6 Å². The number of carbonyl (C=O) groups excluding carboxylic acids is 1. The molecule has 0 aromatic carbocycles. The van der Waals surface area contributed by atoms with Gasteiger partial charge in [0.05, 0.1) is 24.6 Å². The predicted octanol–water partition coefficient (Wildman–Crippen LogP) is 1.35. The van der Waals surface area contributed by atoms with E-state index >= 15 is 0 Å². The Kier molecular flexibility index (Phi) is 5.00. The van der Waals surface area contributed by atoms with Crippen LogP contribution in [-0.2, 0) is 16.0 Å². The molecule has 1 N–H and O–H groups in total. The van der Waals surface area contributed by atoms with Crippen molar-refractivity contribution in [3.63, 3.8) is 0 Å². The summed E-state index contributed by atoms with van der Waals surface area (Å²) in [7, 11) is 0. The van der Waals surface area contributed by atoms with Crippen molar-refractivity contribution >= 4 is 23.6 Å². The molecule has 0 aliphatic carbocycles. The van der Waals surface area contributed by atoms with Crippen molar-refractivity contribution in [1.82, 2.24) is 9.88 Å². The maximum atomic E-state index is 12.4. The molecule has 0 saturated carbocycles. The number of carboxylic acids is 1. The molecular formula is C14H18N2O3S. The normalized spacial score (nSPS) is 18.9. The van der Waals surface area contributed by atoms with E-state index in [1.54, 1.807) is 22.9 Å². The Bertz CT molecular complexity index is 507. The first kappa shape index (κ1) is 14.8. The Morgan fingerprint density at radius 2 is 2.35 bits per heavy atom. The Balaban J connectivity index is 2.06. The van der Waals surface area contributed by atoms with E-state index in [2.05, 4.69) is 4.98 Å². The zero-order chi connectivity index (χ0) is 14.5. The van der Waals surface area contributed by atoms with Crippen LogP contribution in [0.4, 0.5) is 0 Å². The second kappa shape index (κ2) is 6.74. The first-order valence-electron chi connectivity index (χ1n) is 6.57. The van der Waals surface area contributed by atoms with Crippen LogP contribution >= 0.6 is 11.8 Å². The highest BCUT2D eigenvalue weighted by atomic mass is 32.2. The molecular weight excluding hydrogens is 276 g/mol. The molecule has 0 bridgehead atoms. The first-order valence-corrected chi connectivity index (χ1v) is 7.73. The lowest BCUT2D eigenvalue weighted by Gasteiger charge is -2.34. The minimum Gasteiger partial charge on any atom is -0.481 e. The van der Waals surface area contributed by atoms with E-state index in [4.69, 9.17) is 5.11 Å². The van der Waals surface area contributed by atoms with Crippen molar-refractivity contribution in [1.29, 1.82) is 0 Å². The number of nitrogens with zero attached hydrogens (tertiary/aromatic N) is 2. The van der Waals surface area contributed by atoms with Crippen molar-refractivity contribution in [3.05, 3.63) is 29.6 Å². The molecule has 1 atom stereocenters. The summed E-state index contributed by atoms with van der Waals surface area (Å²) in [5, 5.41) is 8.94. The molecule has 1 unspecified atom stereocenters. The number of hydrogen-bond acceptors (Lipinski definition) is 4. The molecule has 1 aromatic heterocycles. The third kappa shape index (κ3) is 3.72. The molecule has 108 valence electrons. The van der Waals surface area contributed by atoms with Crippen molar-refractivity contribution in [2.75, 3.05) is 18.1 Å². The maximum Gasteiger partial charge on any atom is 0.305 e. The molecule has 1 fully saturated rings. The van der Waals surface area contributed by atoms with Gasteiger partial charge in [-0.2, -0.15) is 11.8 Å². The lowest BCUT2D eigenvalue weighted by molar-refractivity contribution is -0.140. The van der Waals surface area contributed by atoms with Crippen LogP contribution in [0.1, 0.15) is 17.7 Å². The zero-order valence-electron chi connectivity index (χ0n) is 11.4. The fourth-order valence-corrected chi connectivity index (χ4v) is 3.36. The molecule has 20 heavy (non-hydrogen) atoms. The first-order chi connectivity index (χ1) is 9.58. The largest absolute Gasteiger partial charge is 0.481 e. The van der Waals surface area contributed by atoms with Gasteiger partial charge in [-0.3, -0.25) is 14.6 Å². The van der Waals surface area contributed by atoms with Gasteiger partial charge in [-0.25, -0.2) is 0 Å². The summed E-state index contributed by atoms with van der Waals surface area (Å²) >= 11 is 1.70. The van der Waals surface area contributed by atoms with Crippen LogP contribution in [0, 0.1) is 6.92 Å². The topological polar surface area (TPSA) is 70.5 Å². The Morgan fingerprint density at radius 1 is 1.55 bits per heavy atom. The molecule has 1 aromatic rings. The Labute approximate surface area is 122 Å². The Hall–Kier alpha value is -1.56. The summed E-state index contributed by atoms with van der Waals surface area (Å²) in [4.78, 5) is 29.2. The van der Waals surface area contributed by atoms with E-state index < -0.39 is 5.97 Å². The quantitative estimate of drug-likeness (QED) is 0.907. The maximum absolute atomic E-state index is 12.4. The number of carboxylic acid groups (broad SMARTS) is 1. The lowest BCUT2D eigenvalue weighted by atomic mass is 10.1. The van der Waals surface area contributed by atoms with Gasteiger partial charge >= 0.3 is 5.97 Å². The van der Waals surface area contributed by atoms with Crippen molar-refractivity contribution in [2.24, 2.45) is 0 Å². The molecule has 1 aliphatic heterocycles. The molecule has 2 heterocycles. The molecule has 2 rings (SSSR count). The second-order valence-electron chi connectivity index (χ2n) is 4.86. The van der Waals surface area contributed by atoms with Crippen LogP contribution in [0.25, 0.3) is 0 Å². The molecule has 6 heteroatoms. The summed E-state index contributed by atoms with van der Waals surface area (Å²) in [6.45, 7) is 2.55. The van der Waals surface area contributed by atoms with Crippen LogP contribution in [0.15, 0.2) is 18.3 Å².